The number of nitrogens with one attached hydrogen (secondary N) is 2. The molecule has 0 saturated carbocycles. The minimum Gasteiger partial charge on any atom is -0.349 e. The van der Waals surface area contributed by atoms with Gasteiger partial charge in [0.05, 0.1) is 18.3 Å². The van der Waals surface area contributed by atoms with Gasteiger partial charge in [-0.1, -0.05) is 30.3 Å². The lowest BCUT2D eigenvalue weighted by atomic mass is 10.1. The fourth-order valence-electron chi connectivity index (χ4n) is 2.00. The number of H-pyrrole nitrogens is 1. The molecular weight excluding hydrogens is 339 g/mol. The van der Waals surface area contributed by atoms with E-state index in [1.54, 1.807) is 6.92 Å². The summed E-state index contributed by atoms with van der Waals surface area (Å²) < 4.78 is 0. The maximum Gasteiger partial charge on any atom is 0.251 e. The van der Waals surface area contributed by atoms with E-state index < -0.39 is 6.04 Å². The Labute approximate surface area is 146 Å². The third kappa shape index (κ3) is 6.81. The lowest BCUT2D eigenvalue weighted by Gasteiger charge is -2.12. The third-order valence-corrected chi connectivity index (χ3v) is 2.99. The van der Waals surface area contributed by atoms with E-state index in [2.05, 4.69) is 15.3 Å². The van der Waals surface area contributed by atoms with Crippen LogP contribution >= 0.6 is 24.8 Å². The molecule has 0 aliphatic heterocycles. The summed E-state index contributed by atoms with van der Waals surface area (Å²) in [6.07, 6.45) is 0.467. The summed E-state index contributed by atoms with van der Waals surface area (Å²) >= 11 is 0. The van der Waals surface area contributed by atoms with Gasteiger partial charge in [-0.3, -0.25) is 9.59 Å². The van der Waals surface area contributed by atoms with Crippen LogP contribution in [0.15, 0.2) is 41.2 Å². The molecule has 0 bridgehead atoms. The van der Waals surface area contributed by atoms with Crippen molar-refractivity contribution in [3.63, 3.8) is 0 Å². The van der Waals surface area contributed by atoms with Gasteiger partial charge in [0.1, 0.15) is 5.82 Å². The second kappa shape index (κ2) is 9.99. The number of carbonyl (C=O) groups excluding carboxylic acids is 1. The zero-order chi connectivity index (χ0) is 15.2. The highest BCUT2D eigenvalue weighted by Gasteiger charge is 2.13. The highest BCUT2D eigenvalue weighted by Crippen LogP contribution is 2.02. The van der Waals surface area contributed by atoms with E-state index in [-0.39, 0.29) is 42.8 Å². The van der Waals surface area contributed by atoms with Crippen molar-refractivity contribution in [2.75, 3.05) is 0 Å². The van der Waals surface area contributed by atoms with Crippen LogP contribution in [-0.4, -0.2) is 21.9 Å². The SMILES string of the molecule is Cc1nc(CNC(=O)[C@@H](N)Cc2ccccc2)cc(=O)[nH]1.Cl.Cl. The molecule has 1 atom stereocenters. The Bertz CT molecular complexity index is 677. The molecule has 2 aromatic rings. The van der Waals surface area contributed by atoms with Crippen LogP contribution < -0.4 is 16.6 Å². The van der Waals surface area contributed by atoms with Gasteiger partial charge in [0.2, 0.25) is 5.91 Å². The number of hydrogen-bond acceptors (Lipinski definition) is 4. The summed E-state index contributed by atoms with van der Waals surface area (Å²) in [6.45, 7) is 1.87. The van der Waals surface area contributed by atoms with Crippen LogP contribution in [0.3, 0.4) is 0 Å². The van der Waals surface area contributed by atoms with Crippen molar-refractivity contribution >= 4 is 30.7 Å². The first-order chi connectivity index (χ1) is 10.0. The second-order valence-corrected chi connectivity index (χ2v) is 4.84. The van der Waals surface area contributed by atoms with Crippen molar-refractivity contribution in [3.8, 4) is 0 Å². The van der Waals surface area contributed by atoms with Gasteiger partial charge in [0.15, 0.2) is 0 Å². The van der Waals surface area contributed by atoms with Crippen LogP contribution in [0.5, 0.6) is 0 Å². The van der Waals surface area contributed by atoms with Crippen LogP contribution in [0.1, 0.15) is 17.1 Å². The first kappa shape index (κ1) is 21.1. The van der Waals surface area contributed by atoms with E-state index in [0.717, 1.165) is 5.56 Å². The number of hydrogen-bond donors (Lipinski definition) is 3. The smallest absolute Gasteiger partial charge is 0.251 e. The number of benzene rings is 1. The fraction of sp³-hybridized carbons (Fsp3) is 0.267. The Hall–Kier alpha value is -1.89. The normalized spacial score (nSPS) is 10.9. The fourth-order valence-corrected chi connectivity index (χ4v) is 2.00. The predicted molar refractivity (Wildman–Crippen MR) is 94.1 cm³/mol. The number of rotatable bonds is 5. The van der Waals surface area contributed by atoms with E-state index in [0.29, 0.717) is 17.9 Å². The molecule has 6 nitrogen and oxygen atoms in total. The average molecular weight is 359 g/mol. The van der Waals surface area contributed by atoms with Crippen molar-refractivity contribution in [1.29, 1.82) is 0 Å². The average Bonchev–Trinajstić information content (AvgIpc) is 2.44. The first-order valence-corrected chi connectivity index (χ1v) is 6.68. The molecule has 2 rings (SSSR count). The molecule has 0 fully saturated rings. The van der Waals surface area contributed by atoms with Gasteiger partial charge in [0, 0.05) is 6.07 Å². The van der Waals surface area contributed by atoms with Crippen molar-refractivity contribution in [1.82, 2.24) is 15.3 Å². The van der Waals surface area contributed by atoms with Gasteiger partial charge in [-0.15, -0.1) is 24.8 Å². The molecule has 4 N–H and O–H groups in total. The Morgan fingerprint density at radius 2 is 1.96 bits per heavy atom. The quantitative estimate of drug-likeness (QED) is 0.744. The molecule has 1 aromatic heterocycles. The number of amides is 1. The van der Waals surface area contributed by atoms with Gasteiger partial charge in [-0.05, 0) is 18.9 Å². The molecule has 8 heteroatoms. The number of aromatic amines is 1. The zero-order valence-electron chi connectivity index (χ0n) is 12.6. The van der Waals surface area contributed by atoms with Crippen LogP contribution in [0.25, 0.3) is 0 Å². The lowest BCUT2D eigenvalue weighted by molar-refractivity contribution is -0.122. The highest BCUT2D eigenvalue weighted by molar-refractivity contribution is 5.85. The summed E-state index contributed by atoms with van der Waals surface area (Å²) in [7, 11) is 0. The molecule has 0 aliphatic carbocycles. The number of nitrogens with zero attached hydrogens (tertiary/aromatic N) is 1. The van der Waals surface area contributed by atoms with Gasteiger partial charge < -0.3 is 16.0 Å². The largest absolute Gasteiger partial charge is 0.349 e. The Morgan fingerprint density at radius 3 is 2.57 bits per heavy atom. The van der Waals surface area contributed by atoms with Crippen LogP contribution in [0, 0.1) is 6.92 Å². The van der Waals surface area contributed by atoms with Gasteiger partial charge >= 0.3 is 0 Å². The molecule has 0 radical (unpaired) electrons. The van der Waals surface area contributed by atoms with Crippen molar-refractivity contribution in [2.45, 2.75) is 25.9 Å². The number of halogens is 2. The number of aromatic nitrogens is 2. The van der Waals surface area contributed by atoms with Crippen molar-refractivity contribution in [3.05, 3.63) is 63.8 Å². The molecule has 0 aliphatic rings. The Morgan fingerprint density at radius 1 is 1.30 bits per heavy atom. The van der Waals surface area contributed by atoms with Gasteiger partial charge in [-0.25, -0.2) is 4.98 Å². The van der Waals surface area contributed by atoms with Crippen molar-refractivity contribution in [2.24, 2.45) is 5.73 Å². The maximum absolute atomic E-state index is 11.9. The molecule has 1 aromatic carbocycles. The minimum atomic E-state index is -0.629. The molecule has 1 heterocycles. The van der Waals surface area contributed by atoms with E-state index in [4.69, 9.17) is 5.73 Å². The van der Waals surface area contributed by atoms with Crippen LogP contribution in [0.2, 0.25) is 0 Å². The van der Waals surface area contributed by atoms with E-state index in [9.17, 15) is 9.59 Å². The van der Waals surface area contributed by atoms with Crippen LogP contribution in [0.4, 0.5) is 0 Å². The first-order valence-electron chi connectivity index (χ1n) is 6.68. The minimum absolute atomic E-state index is 0. The highest BCUT2D eigenvalue weighted by atomic mass is 35.5. The number of carbonyl (C=O) groups is 1. The molecule has 23 heavy (non-hydrogen) atoms. The standard InChI is InChI=1S/C15H18N4O2.2ClH/c1-10-18-12(8-14(20)19-10)9-17-15(21)13(16)7-11-5-3-2-4-6-11;;/h2-6,8,13H,7,9,16H2,1H3,(H,17,21)(H,18,19,20);2*1H/t13-;;/m0../s1. The summed E-state index contributed by atoms with van der Waals surface area (Å²) in [5, 5.41) is 2.69. The molecule has 0 unspecified atom stereocenters. The molecule has 1 amide bonds. The number of nitrogens with two attached hydrogens (primary N) is 1. The van der Waals surface area contributed by atoms with E-state index in [1.165, 1.54) is 6.07 Å². The Balaban J connectivity index is 0.00000242. The second-order valence-electron chi connectivity index (χ2n) is 4.84. The molecular formula is C15H20Cl2N4O2. The molecule has 126 valence electrons. The monoisotopic (exact) mass is 358 g/mol. The number of aryl methyl sites for hydroxylation is 1. The van der Waals surface area contributed by atoms with Gasteiger partial charge in [-0.2, -0.15) is 0 Å². The summed E-state index contributed by atoms with van der Waals surface area (Å²) in [6, 6.07) is 10.3. The van der Waals surface area contributed by atoms with Gasteiger partial charge in [0.25, 0.3) is 5.56 Å². The van der Waals surface area contributed by atoms with Crippen molar-refractivity contribution < 1.29 is 4.79 Å². The van der Waals surface area contributed by atoms with E-state index >= 15 is 0 Å². The summed E-state index contributed by atoms with van der Waals surface area (Å²) in [5.41, 5.74) is 7.15. The molecule has 0 saturated heterocycles. The molecule has 0 spiro atoms. The third-order valence-electron chi connectivity index (χ3n) is 2.99. The lowest BCUT2D eigenvalue weighted by Crippen LogP contribution is -2.41. The predicted octanol–water partition coefficient (Wildman–Crippen LogP) is 1.11. The topological polar surface area (TPSA) is 101 Å². The Kier molecular flexibility index (Phi) is 9.17. The van der Waals surface area contributed by atoms with E-state index in [1.807, 2.05) is 30.3 Å². The summed E-state index contributed by atoms with van der Waals surface area (Å²) in [4.78, 5) is 29.9. The maximum atomic E-state index is 11.9. The zero-order valence-corrected chi connectivity index (χ0v) is 14.2. The van der Waals surface area contributed by atoms with Crippen LogP contribution in [-0.2, 0) is 17.8 Å². The summed E-state index contributed by atoms with van der Waals surface area (Å²) in [5.74, 6) is 0.249.